The Bertz CT molecular complexity index is 1210. The van der Waals surface area contributed by atoms with Crippen molar-refractivity contribution in [2.45, 2.75) is 19.5 Å². The lowest BCUT2D eigenvalue weighted by atomic mass is 10.1. The number of amides is 1. The van der Waals surface area contributed by atoms with Gasteiger partial charge in [-0.1, -0.05) is 30.3 Å². The normalized spacial score (nSPS) is 12.8. The summed E-state index contributed by atoms with van der Waals surface area (Å²) in [5.74, 6) is 2.40. The zero-order chi connectivity index (χ0) is 21.8. The fourth-order valence-electron chi connectivity index (χ4n) is 3.66. The van der Waals surface area contributed by atoms with E-state index in [0.717, 1.165) is 28.3 Å². The molecule has 0 spiro atoms. The van der Waals surface area contributed by atoms with Crippen LogP contribution < -0.4 is 10.1 Å². The van der Waals surface area contributed by atoms with Crippen LogP contribution in [0.15, 0.2) is 83.6 Å². The number of nitrogens with one attached hydrogen (secondary N) is 1. The number of hydrogen-bond donors (Lipinski definition) is 1. The van der Waals surface area contributed by atoms with E-state index in [-0.39, 0.29) is 5.91 Å². The lowest BCUT2D eigenvalue weighted by molar-refractivity contribution is 0.0701. The van der Waals surface area contributed by atoms with E-state index in [9.17, 15) is 4.79 Å². The van der Waals surface area contributed by atoms with Gasteiger partial charge >= 0.3 is 0 Å². The van der Waals surface area contributed by atoms with Gasteiger partial charge in [-0.3, -0.25) is 4.79 Å². The SMILES string of the molecule is O=C(c1ccco1)N1CCc2nc(NCc3cccc(Oc4ccccc4)c3)ncc2C1. The summed E-state index contributed by atoms with van der Waals surface area (Å²) < 4.78 is 11.1. The van der Waals surface area contributed by atoms with Gasteiger partial charge in [-0.25, -0.2) is 9.97 Å². The Kier molecular flexibility index (Phi) is 5.53. The van der Waals surface area contributed by atoms with Gasteiger partial charge in [0.25, 0.3) is 5.91 Å². The fourth-order valence-corrected chi connectivity index (χ4v) is 3.66. The van der Waals surface area contributed by atoms with Gasteiger partial charge in [0.2, 0.25) is 5.95 Å². The first-order valence-electron chi connectivity index (χ1n) is 10.5. The number of nitrogens with zero attached hydrogens (tertiary/aromatic N) is 3. The standard InChI is InChI=1S/C25H22N4O3/c30-24(23-10-5-13-31-23)29-12-11-22-19(17-29)16-27-25(28-22)26-15-18-6-4-9-21(14-18)32-20-7-2-1-3-8-20/h1-10,13-14,16H,11-12,15,17H2,(H,26,27,28). The largest absolute Gasteiger partial charge is 0.459 e. The molecule has 0 fully saturated rings. The maximum atomic E-state index is 12.5. The van der Waals surface area contributed by atoms with Crippen LogP contribution in [0.2, 0.25) is 0 Å². The van der Waals surface area contributed by atoms with Gasteiger partial charge < -0.3 is 19.4 Å². The quantitative estimate of drug-likeness (QED) is 0.483. The predicted molar refractivity (Wildman–Crippen MR) is 119 cm³/mol. The molecule has 7 nitrogen and oxygen atoms in total. The molecule has 5 rings (SSSR count). The number of aromatic nitrogens is 2. The van der Waals surface area contributed by atoms with E-state index in [2.05, 4.69) is 15.3 Å². The molecule has 32 heavy (non-hydrogen) atoms. The van der Waals surface area contributed by atoms with Gasteiger partial charge in [0, 0.05) is 37.8 Å². The molecule has 160 valence electrons. The molecule has 1 aliphatic rings. The van der Waals surface area contributed by atoms with Gasteiger partial charge in [-0.15, -0.1) is 0 Å². The van der Waals surface area contributed by atoms with Crippen LogP contribution in [0.4, 0.5) is 5.95 Å². The van der Waals surface area contributed by atoms with Gasteiger partial charge in [-0.2, -0.15) is 0 Å². The average molecular weight is 426 g/mol. The van der Waals surface area contributed by atoms with Crippen molar-refractivity contribution in [2.75, 3.05) is 11.9 Å². The third-order valence-electron chi connectivity index (χ3n) is 5.28. The summed E-state index contributed by atoms with van der Waals surface area (Å²) in [5, 5.41) is 3.29. The number of anilines is 1. The van der Waals surface area contributed by atoms with Crippen LogP contribution in [0.3, 0.4) is 0 Å². The Hall–Kier alpha value is -4.13. The molecule has 0 unspecified atom stereocenters. The molecule has 4 aromatic rings. The van der Waals surface area contributed by atoms with Crippen molar-refractivity contribution in [3.8, 4) is 11.5 Å². The number of carbonyl (C=O) groups excluding carboxylic acids is 1. The predicted octanol–water partition coefficient (Wildman–Crippen LogP) is 4.67. The smallest absolute Gasteiger partial charge is 0.289 e. The highest BCUT2D eigenvalue weighted by Gasteiger charge is 2.24. The van der Waals surface area contributed by atoms with Crippen LogP contribution >= 0.6 is 0 Å². The molecule has 0 saturated carbocycles. The topological polar surface area (TPSA) is 80.5 Å². The van der Waals surface area contributed by atoms with E-state index in [4.69, 9.17) is 9.15 Å². The summed E-state index contributed by atoms with van der Waals surface area (Å²) in [7, 11) is 0. The minimum atomic E-state index is -0.111. The summed E-state index contributed by atoms with van der Waals surface area (Å²) in [5.41, 5.74) is 2.99. The Morgan fingerprint density at radius 1 is 1.06 bits per heavy atom. The number of hydrogen-bond acceptors (Lipinski definition) is 6. The number of ether oxygens (including phenoxy) is 1. The monoisotopic (exact) mass is 426 g/mol. The molecule has 3 heterocycles. The second-order valence-corrected chi connectivity index (χ2v) is 7.54. The van der Waals surface area contributed by atoms with Crippen LogP contribution in [-0.4, -0.2) is 27.3 Å². The Morgan fingerprint density at radius 3 is 2.78 bits per heavy atom. The third kappa shape index (κ3) is 4.46. The summed E-state index contributed by atoms with van der Waals surface area (Å²) in [6.07, 6.45) is 3.98. The van der Waals surface area contributed by atoms with E-state index in [0.29, 0.717) is 37.8 Å². The number of fused-ring (bicyclic) bond motifs is 1. The summed E-state index contributed by atoms with van der Waals surface area (Å²) in [6, 6.07) is 21.0. The van der Waals surface area contributed by atoms with Crippen molar-refractivity contribution in [2.24, 2.45) is 0 Å². The molecule has 0 radical (unpaired) electrons. The van der Waals surface area contributed by atoms with Crippen molar-refractivity contribution in [3.05, 3.63) is 102 Å². The minimum absolute atomic E-state index is 0.111. The highest BCUT2D eigenvalue weighted by atomic mass is 16.5. The van der Waals surface area contributed by atoms with Crippen LogP contribution in [-0.2, 0) is 19.5 Å². The van der Waals surface area contributed by atoms with Crippen LogP contribution in [0.1, 0.15) is 27.4 Å². The molecule has 2 aromatic heterocycles. The number of furan rings is 1. The number of rotatable bonds is 6. The maximum Gasteiger partial charge on any atom is 0.289 e. The molecule has 1 amide bonds. The molecule has 0 bridgehead atoms. The van der Waals surface area contributed by atoms with E-state index in [1.54, 1.807) is 23.2 Å². The van der Waals surface area contributed by atoms with Crippen molar-refractivity contribution in [1.82, 2.24) is 14.9 Å². The molecular formula is C25H22N4O3. The zero-order valence-electron chi connectivity index (χ0n) is 17.4. The third-order valence-corrected chi connectivity index (χ3v) is 5.28. The Morgan fingerprint density at radius 2 is 1.94 bits per heavy atom. The first-order chi connectivity index (χ1) is 15.7. The number of benzene rings is 2. The maximum absolute atomic E-state index is 12.5. The summed E-state index contributed by atoms with van der Waals surface area (Å²) in [6.45, 7) is 1.66. The summed E-state index contributed by atoms with van der Waals surface area (Å²) in [4.78, 5) is 23.4. The highest BCUT2D eigenvalue weighted by Crippen LogP contribution is 2.23. The molecule has 2 aromatic carbocycles. The van der Waals surface area contributed by atoms with Gasteiger partial charge in [0.15, 0.2) is 5.76 Å². The van der Waals surface area contributed by atoms with Gasteiger partial charge in [0.05, 0.1) is 12.0 Å². The minimum Gasteiger partial charge on any atom is -0.459 e. The molecule has 0 aliphatic carbocycles. The summed E-state index contributed by atoms with van der Waals surface area (Å²) >= 11 is 0. The molecular weight excluding hydrogens is 404 g/mol. The molecule has 0 atom stereocenters. The highest BCUT2D eigenvalue weighted by molar-refractivity contribution is 5.91. The molecule has 0 saturated heterocycles. The molecule has 1 aliphatic heterocycles. The van der Waals surface area contributed by atoms with E-state index >= 15 is 0 Å². The van der Waals surface area contributed by atoms with Crippen molar-refractivity contribution in [3.63, 3.8) is 0 Å². The Labute approximate surface area is 185 Å². The van der Waals surface area contributed by atoms with E-state index in [1.165, 1.54) is 6.26 Å². The molecule has 7 heteroatoms. The first-order valence-corrected chi connectivity index (χ1v) is 10.5. The van der Waals surface area contributed by atoms with E-state index < -0.39 is 0 Å². The van der Waals surface area contributed by atoms with Crippen LogP contribution in [0.5, 0.6) is 11.5 Å². The van der Waals surface area contributed by atoms with Gasteiger partial charge in [-0.05, 0) is 42.0 Å². The van der Waals surface area contributed by atoms with Gasteiger partial charge in [0.1, 0.15) is 11.5 Å². The number of carbonyl (C=O) groups is 1. The Balaban J connectivity index is 1.21. The van der Waals surface area contributed by atoms with Crippen LogP contribution in [0, 0.1) is 0 Å². The zero-order valence-corrected chi connectivity index (χ0v) is 17.4. The van der Waals surface area contributed by atoms with E-state index in [1.807, 2.05) is 54.6 Å². The lowest BCUT2D eigenvalue weighted by Gasteiger charge is -2.27. The van der Waals surface area contributed by atoms with Crippen molar-refractivity contribution >= 4 is 11.9 Å². The van der Waals surface area contributed by atoms with Crippen molar-refractivity contribution < 1.29 is 13.9 Å². The van der Waals surface area contributed by atoms with Crippen molar-refractivity contribution in [1.29, 1.82) is 0 Å². The lowest BCUT2D eigenvalue weighted by Crippen LogP contribution is -2.36. The first kappa shape index (κ1) is 19.8. The average Bonchev–Trinajstić information content (AvgIpc) is 3.38. The fraction of sp³-hybridized carbons (Fsp3) is 0.160. The van der Waals surface area contributed by atoms with Crippen LogP contribution in [0.25, 0.3) is 0 Å². The second kappa shape index (κ2) is 8.93. The molecule has 1 N–H and O–H groups in total. The second-order valence-electron chi connectivity index (χ2n) is 7.54. The number of para-hydroxylation sites is 1.